The lowest BCUT2D eigenvalue weighted by molar-refractivity contribution is -0.121. The standard InChI is InChI=1S/C21H35N3O2/c1-17(2)20(24-12-10-23(4)11-13-24)16-22-21(25)9-6-14-26-19-8-5-7-18(3)15-19/h5,7-8,15,17,20H,6,9-14,16H2,1-4H3,(H,22,25). The van der Waals surface area contributed by atoms with Gasteiger partial charge in [-0.05, 0) is 44.0 Å². The number of hydrogen-bond donors (Lipinski definition) is 1. The highest BCUT2D eigenvalue weighted by molar-refractivity contribution is 5.75. The summed E-state index contributed by atoms with van der Waals surface area (Å²) in [5.74, 6) is 1.53. The topological polar surface area (TPSA) is 44.8 Å². The van der Waals surface area contributed by atoms with E-state index in [1.54, 1.807) is 0 Å². The lowest BCUT2D eigenvalue weighted by Crippen LogP contribution is -2.54. The molecule has 5 heteroatoms. The van der Waals surface area contributed by atoms with Gasteiger partial charge >= 0.3 is 0 Å². The summed E-state index contributed by atoms with van der Waals surface area (Å²) < 4.78 is 5.71. The predicted molar refractivity (Wildman–Crippen MR) is 107 cm³/mol. The highest BCUT2D eigenvalue weighted by Gasteiger charge is 2.25. The van der Waals surface area contributed by atoms with E-state index in [-0.39, 0.29) is 5.91 Å². The van der Waals surface area contributed by atoms with Gasteiger partial charge in [0.2, 0.25) is 5.91 Å². The van der Waals surface area contributed by atoms with Gasteiger partial charge in [0.15, 0.2) is 0 Å². The SMILES string of the molecule is Cc1cccc(OCCCC(=O)NCC(C(C)C)N2CCN(C)CC2)c1. The lowest BCUT2D eigenvalue weighted by atomic mass is 10.0. The van der Waals surface area contributed by atoms with Gasteiger partial charge in [-0.3, -0.25) is 9.69 Å². The van der Waals surface area contributed by atoms with E-state index in [9.17, 15) is 4.79 Å². The Kier molecular flexibility index (Phi) is 8.39. The number of amides is 1. The molecule has 146 valence electrons. The Morgan fingerprint density at radius 1 is 1.23 bits per heavy atom. The molecule has 0 aliphatic carbocycles. The van der Waals surface area contributed by atoms with E-state index in [0.717, 1.165) is 44.9 Å². The van der Waals surface area contributed by atoms with Crippen molar-refractivity contribution < 1.29 is 9.53 Å². The predicted octanol–water partition coefficient (Wildman–Crippen LogP) is 2.54. The molecule has 1 aliphatic rings. The molecular weight excluding hydrogens is 326 g/mol. The largest absolute Gasteiger partial charge is 0.494 e. The van der Waals surface area contributed by atoms with Gasteiger partial charge in [-0.15, -0.1) is 0 Å². The van der Waals surface area contributed by atoms with Crippen LogP contribution in [-0.2, 0) is 4.79 Å². The second-order valence-electron chi connectivity index (χ2n) is 7.72. The number of hydrogen-bond acceptors (Lipinski definition) is 4. The fourth-order valence-corrected chi connectivity index (χ4v) is 3.37. The second kappa shape index (κ2) is 10.5. The summed E-state index contributed by atoms with van der Waals surface area (Å²) in [6.45, 7) is 12.2. The second-order valence-corrected chi connectivity index (χ2v) is 7.72. The maximum absolute atomic E-state index is 12.2. The molecule has 0 radical (unpaired) electrons. The van der Waals surface area contributed by atoms with Gasteiger partial charge in [0.25, 0.3) is 0 Å². The summed E-state index contributed by atoms with van der Waals surface area (Å²) in [6, 6.07) is 8.42. The molecule has 1 amide bonds. The Morgan fingerprint density at radius 2 is 1.96 bits per heavy atom. The van der Waals surface area contributed by atoms with Crippen molar-refractivity contribution in [1.29, 1.82) is 0 Å². The molecule has 1 aromatic carbocycles. The van der Waals surface area contributed by atoms with Crippen LogP contribution in [0.15, 0.2) is 24.3 Å². The fourth-order valence-electron chi connectivity index (χ4n) is 3.37. The van der Waals surface area contributed by atoms with Gasteiger partial charge in [0.05, 0.1) is 6.61 Å². The Hall–Kier alpha value is -1.59. The number of aryl methyl sites for hydroxylation is 1. The molecule has 0 saturated carbocycles. The van der Waals surface area contributed by atoms with E-state index in [1.807, 2.05) is 31.2 Å². The van der Waals surface area contributed by atoms with E-state index in [2.05, 4.69) is 36.0 Å². The number of nitrogens with zero attached hydrogens (tertiary/aromatic N) is 2. The third-order valence-electron chi connectivity index (χ3n) is 5.09. The molecule has 0 aromatic heterocycles. The van der Waals surface area contributed by atoms with Gasteiger partial charge in [-0.25, -0.2) is 0 Å². The molecule has 0 spiro atoms. The molecule has 2 rings (SSSR count). The van der Waals surface area contributed by atoms with Crippen LogP contribution in [0.25, 0.3) is 0 Å². The molecule has 26 heavy (non-hydrogen) atoms. The first-order valence-corrected chi connectivity index (χ1v) is 9.84. The van der Waals surface area contributed by atoms with E-state index >= 15 is 0 Å². The summed E-state index contributed by atoms with van der Waals surface area (Å²) in [4.78, 5) is 17.1. The van der Waals surface area contributed by atoms with Crippen LogP contribution in [-0.4, -0.2) is 68.1 Å². The van der Waals surface area contributed by atoms with Crippen molar-refractivity contribution in [2.24, 2.45) is 5.92 Å². The zero-order valence-corrected chi connectivity index (χ0v) is 16.8. The normalized spacial score (nSPS) is 17.3. The number of benzene rings is 1. The van der Waals surface area contributed by atoms with Crippen LogP contribution in [0.3, 0.4) is 0 Å². The Labute approximate surface area is 158 Å². The minimum atomic E-state index is 0.123. The number of carbonyl (C=O) groups is 1. The molecule has 1 aromatic rings. The number of nitrogens with one attached hydrogen (secondary N) is 1. The molecule has 5 nitrogen and oxygen atoms in total. The number of ether oxygens (including phenoxy) is 1. The molecule has 1 heterocycles. The molecule has 1 saturated heterocycles. The number of likely N-dealkylation sites (N-methyl/N-ethyl adjacent to an activating group) is 1. The van der Waals surface area contributed by atoms with Crippen molar-refractivity contribution in [2.45, 2.75) is 39.7 Å². The molecule has 1 N–H and O–H groups in total. The molecule has 1 fully saturated rings. The Morgan fingerprint density at radius 3 is 2.62 bits per heavy atom. The van der Waals surface area contributed by atoms with Crippen molar-refractivity contribution in [3.63, 3.8) is 0 Å². The maximum atomic E-state index is 12.2. The van der Waals surface area contributed by atoms with E-state index in [1.165, 1.54) is 5.56 Å². The third kappa shape index (κ3) is 6.96. The number of rotatable bonds is 9. The van der Waals surface area contributed by atoms with E-state index < -0.39 is 0 Å². The monoisotopic (exact) mass is 361 g/mol. The lowest BCUT2D eigenvalue weighted by Gasteiger charge is -2.39. The van der Waals surface area contributed by atoms with Crippen LogP contribution in [0.1, 0.15) is 32.3 Å². The van der Waals surface area contributed by atoms with Crippen LogP contribution in [0.4, 0.5) is 0 Å². The fraction of sp³-hybridized carbons (Fsp3) is 0.667. The van der Waals surface area contributed by atoms with Crippen molar-refractivity contribution in [3.8, 4) is 5.75 Å². The van der Waals surface area contributed by atoms with Crippen LogP contribution < -0.4 is 10.1 Å². The summed E-state index contributed by atoms with van der Waals surface area (Å²) in [6.07, 6.45) is 1.25. The van der Waals surface area contributed by atoms with Gasteiger partial charge in [-0.1, -0.05) is 26.0 Å². The smallest absolute Gasteiger partial charge is 0.220 e. The van der Waals surface area contributed by atoms with Gasteiger partial charge < -0.3 is 15.0 Å². The summed E-state index contributed by atoms with van der Waals surface area (Å²) >= 11 is 0. The molecule has 1 unspecified atom stereocenters. The number of piperazine rings is 1. The third-order valence-corrected chi connectivity index (χ3v) is 5.09. The average molecular weight is 362 g/mol. The van der Waals surface area contributed by atoms with Crippen LogP contribution in [0.5, 0.6) is 5.75 Å². The summed E-state index contributed by atoms with van der Waals surface area (Å²) in [5, 5.41) is 3.13. The Bertz CT molecular complexity index is 554. The Balaban J connectivity index is 1.66. The average Bonchev–Trinajstić information content (AvgIpc) is 2.60. The minimum absolute atomic E-state index is 0.123. The first-order chi connectivity index (χ1) is 12.5. The van der Waals surface area contributed by atoms with Crippen molar-refractivity contribution >= 4 is 5.91 Å². The summed E-state index contributed by atoms with van der Waals surface area (Å²) in [7, 11) is 2.17. The van der Waals surface area contributed by atoms with E-state index in [4.69, 9.17) is 4.74 Å². The minimum Gasteiger partial charge on any atom is -0.494 e. The molecule has 0 bridgehead atoms. The first-order valence-electron chi connectivity index (χ1n) is 9.84. The van der Waals surface area contributed by atoms with E-state index in [0.29, 0.717) is 25.0 Å². The van der Waals surface area contributed by atoms with Gasteiger partial charge in [0.1, 0.15) is 5.75 Å². The maximum Gasteiger partial charge on any atom is 0.220 e. The highest BCUT2D eigenvalue weighted by atomic mass is 16.5. The molecular formula is C21H35N3O2. The van der Waals surface area contributed by atoms with Crippen molar-refractivity contribution in [1.82, 2.24) is 15.1 Å². The number of carbonyl (C=O) groups excluding carboxylic acids is 1. The molecule has 1 atom stereocenters. The van der Waals surface area contributed by atoms with Gasteiger partial charge in [-0.2, -0.15) is 0 Å². The van der Waals surface area contributed by atoms with Crippen LogP contribution >= 0.6 is 0 Å². The van der Waals surface area contributed by atoms with Crippen molar-refractivity contribution in [3.05, 3.63) is 29.8 Å². The van der Waals surface area contributed by atoms with Gasteiger partial charge in [0, 0.05) is 45.2 Å². The quantitative estimate of drug-likeness (QED) is 0.687. The zero-order chi connectivity index (χ0) is 18.9. The zero-order valence-electron chi connectivity index (χ0n) is 16.8. The first kappa shape index (κ1) is 20.7. The molecule has 1 aliphatic heterocycles. The summed E-state index contributed by atoms with van der Waals surface area (Å²) in [5.41, 5.74) is 1.18. The highest BCUT2D eigenvalue weighted by Crippen LogP contribution is 2.14. The van der Waals surface area contributed by atoms with Crippen molar-refractivity contribution in [2.75, 3.05) is 46.4 Å². The van der Waals surface area contributed by atoms with Crippen LogP contribution in [0, 0.1) is 12.8 Å². The van der Waals surface area contributed by atoms with Crippen LogP contribution in [0.2, 0.25) is 0 Å².